The number of hydrogen-bond donors (Lipinski definition) is 2. The third-order valence-electron chi connectivity index (χ3n) is 4.24. The average Bonchev–Trinajstić information content (AvgIpc) is 2.73. The van der Waals surface area contributed by atoms with Gasteiger partial charge in [-0.15, -0.1) is 0 Å². The zero-order valence-electron chi connectivity index (χ0n) is 17.0. The van der Waals surface area contributed by atoms with Gasteiger partial charge in [-0.2, -0.15) is 0 Å². The highest BCUT2D eigenvalue weighted by Gasteiger charge is 2.16. The second kappa shape index (κ2) is 9.80. The first-order valence-electron chi connectivity index (χ1n) is 9.15. The van der Waals surface area contributed by atoms with Crippen LogP contribution >= 0.6 is 15.9 Å². The molecule has 0 bridgehead atoms. The molecule has 31 heavy (non-hydrogen) atoms. The summed E-state index contributed by atoms with van der Waals surface area (Å²) in [6, 6.07) is 7.70. The minimum absolute atomic E-state index is 0.210. The summed E-state index contributed by atoms with van der Waals surface area (Å²) in [7, 11) is 4.94. The first-order valence-corrected chi connectivity index (χ1v) is 9.94. The number of hydrogen-bond acceptors (Lipinski definition) is 6. The van der Waals surface area contributed by atoms with Crippen LogP contribution in [0.2, 0.25) is 0 Å². The van der Waals surface area contributed by atoms with Gasteiger partial charge in [0.25, 0.3) is 5.91 Å². The summed E-state index contributed by atoms with van der Waals surface area (Å²) in [5.74, 6) is -1.70. The molecule has 0 fully saturated rings. The fraction of sp³-hybridized carbons (Fsp3) is 0.190. The number of anilines is 3. The van der Waals surface area contributed by atoms with Crippen molar-refractivity contribution >= 4 is 49.9 Å². The van der Waals surface area contributed by atoms with Crippen molar-refractivity contribution in [2.75, 3.05) is 38.4 Å². The Hall–Kier alpha value is -3.11. The lowest BCUT2D eigenvalue weighted by molar-refractivity contribution is -0.114. The molecule has 1 aromatic heterocycles. The van der Waals surface area contributed by atoms with E-state index >= 15 is 0 Å². The summed E-state index contributed by atoms with van der Waals surface area (Å²) in [4.78, 5) is 22.4. The van der Waals surface area contributed by atoms with E-state index < -0.39 is 17.6 Å². The Kier molecular flexibility index (Phi) is 7.13. The van der Waals surface area contributed by atoms with Crippen LogP contribution in [0.4, 0.5) is 26.0 Å². The second-order valence-corrected chi connectivity index (χ2v) is 7.73. The average molecular weight is 492 g/mol. The summed E-state index contributed by atoms with van der Waals surface area (Å²) < 4.78 is 34.3. The van der Waals surface area contributed by atoms with Crippen molar-refractivity contribution in [3.05, 3.63) is 58.9 Å². The van der Waals surface area contributed by atoms with E-state index in [1.165, 1.54) is 25.6 Å². The Morgan fingerprint density at radius 3 is 2.68 bits per heavy atom. The van der Waals surface area contributed by atoms with Gasteiger partial charge in [0.2, 0.25) is 0 Å². The van der Waals surface area contributed by atoms with Crippen molar-refractivity contribution in [3.8, 4) is 5.75 Å². The number of carbonyl (C=O) groups is 1. The first kappa shape index (κ1) is 22.6. The number of amides is 1. The zero-order chi connectivity index (χ0) is 22.5. The van der Waals surface area contributed by atoms with Crippen LogP contribution in [0.15, 0.2) is 53.0 Å². The molecule has 0 saturated heterocycles. The van der Waals surface area contributed by atoms with Crippen LogP contribution in [0.25, 0.3) is 10.9 Å². The van der Waals surface area contributed by atoms with Crippen molar-refractivity contribution in [1.82, 2.24) is 14.9 Å². The van der Waals surface area contributed by atoms with Crippen LogP contribution in [-0.4, -0.2) is 48.5 Å². The molecule has 0 atom stereocenters. The van der Waals surface area contributed by atoms with Crippen LogP contribution in [0, 0.1) is 5.82 Å². The predicted molar refractivity (Wildman–Crippen MR) is 120 cm³/mol. The molecule has 0 spiro atoms. The number of ether oxygens (including phenoxy) is 1. The van der Waals surface area contributed by atoms with E-state index in [2.05, 4.69) is 36.5 Å². The van der Waals surface area contributed by atoms with Gasteiger partial charge < -0.3 is 20.3 Å². The van der Waals surface area contributed by atoms with Crippen molar-refractivity contribution in [1.29, 1.82) is 0 Å². The molecule has 162 valence electrons. The second-order valence-electron chi connectivity index (χ2n) is 6.81. The number of likely N-dealkylation sites (N-methyl/N-ethyl adjacent to an activating group) is 1. The van der Waals surface area contributed by atoms with Crippen molar-refractivity contribution in [2.24, 2.45) is 0 Å². The molecule has 1 heterocycles. The molecule has 0 radical (unpaired) electrons. The van der Waals surface area contributed by atoms with Gasteiger partial charge in [0.1, 0.15) is 23.7 Å². The number of nitrogens with zero attached hydrogens (tertiary/aromatic N) is 3. The van der Waals surface area contributed by atoms with Crippen molar-refractivity contribution in [3.63, 3.8) is 0 Å². The molecule has 3 rings (SSSR count). The Morgan fingerprint density at radius 2 is 2.00 bits per heavy atom. The van der Waals surface area contributed by atoms with E-state index in [1.54, 1.807) is 43.3 Å². The molecule has 0 saturated carbocycles. The highest BCUT2D eigenvalue weighted by atomic mass is 79.9. The third-order valence-corrected chi connectivity index (χ3v) is 4.73. The van der Waals surface area contributed by atoms with E-state index in [-0.39, 0.29) is 17.9 Å². The zero-order valence-corrected chi connectivity index (χ0v) is 18.6. The summed E-state index contributed by atoms with van der Waals surface area (Å²) >= 11 is 3.21. The molecule has 0 aliphatic heterocycles. The Bertz CT molecular complexity index is 1150. The molecule has 1 amide bonds. The Morgan fingerprint density at radius 1 is 1.23 bits per heavy atom. The summed E-state index contributed by atoms with van der Waals surface area (Å²) in [6.07, 6.45) is 2.50. The topological polar surface area (TPSA) is 79.4 Å². The van der Waals surface area contributed by atoms with E-state index in [0.29, 0.717) is 26.9 Å². The summed E-state index contributed by atoms with van der Waals surface area (Å²) in [5.41, 5.74) is 0.929. The predicted octanol–water partition coefficient (Wildman–Crippen LogP) is 4.64. The Balaban J connectivity index is 1.98. The maximum atomic E-state index is 14.3. The summed E-state index contributed by atoms with van der Waals surface area (Å²) in [6.45, 7) is 0.273. The van der Waals surface area contributed by atoms with Crippen LogP contribution < -0.4 is 15.4 Å². The minimum Gasteiger partial charge on any atom is -0.494 e. The number of nitrogens with one attached hydrogen (secondary N) is 2. The molecule has 0 aliphatic carbocycles. The number of benzene rings is 2. The highest BCUT2D eigenvalue weighted by Crippen LogP contribution is 2.34. The van der Waals surface area contributed by atoms with Gasteiger partial charge in [-0.25, -0.2) is 18.7 Å². The quantitative estimate of drug-likeness (QED) is 0.468. The Labute approximate surface area is 186 Å². The van der Waals surface area contributed by atoms with Crippen LogP contribution in [0.3, 0.4) is 0 Å². The van der Waals surface area contributed by atoms with Crippen molar-refractivity contribution in [2.45, 2.75) is 0 Å². The number of carbonyl (C=O) groups excluding carboxylic acids is 1. The molecule has 2 aromatic carbocycles. The lowest BCUT2D eigenvalue weighted by atomic mass is 10.1. The first-order chi connectivity index (χ1) is 14.8. The van der Waals surface area contributed by atoms with Crippen molar-refractivity contribution < 1.29 is 18.3 Å². The lowest BCUT2D eigenvalue weighted by Gasteiger charge is -2.14. The molecular weight excluding hydrogens is 472 g/mol. The third kappa shape index (κ3) is 5.53. The summed E-state index contributed by atoms with van der Waals surface area (Å²) in [5, 5.41) is 5.91. The standard InChI is InChI=1S/C21H20BrF2N5O2/c1-29(2)7-6-14(23)21(30)28-18-9-13-17(10-19(18)31-3)25-11-26-20(13)27-16-5-4-12(22)8-15(16)24/h4-6,8-11H,7H2,1-3H3,(H,28,30)(H,25,26,27). The van der Waals surface area contributed by atoms with E-state index in [9.17, 15) is 13.6 Å². The molecule has 7 nitrogen and oxygen atoms in total. The number of methoxy groups -OCH3 is 1. The van der Waals surface area contributed by atoms with Gasteiger partial charge in [-0.1, -0.05) is 15.9 Å². The number of aromatic nitrogens is 2. The highest BCUT2D eigenvalue weighted by molar-refractivity contribution is 9.10. The number of rotatable bonds is 7. The molecular formula is C21H20BrF2N5O2. The van der Waals surface area contributed by atoms with Crippen LogP contribution in [0.5, 0.6) is 5.75 Å². The lowest BCUT2D eigenvalue weighted by Crippen LogP contribution is -2.16. The van der Waals surface area contributed by atoms with Gasteiger partial charge in [0.05, 0.1) is 24.0 Å². The van der Waals surface area contributed by atoms with Gasteiger partial charge in [0.15, 0.2) is 5.83 Å². The fourth-order valence-electron chi connectivity index (χ4n) is 2.71. The largest absolute Gasteiger partial charge is 0.494 e. The molecule has 3 aromatic rings. The minimum atomic E-state index is -0.921. The van der Waals surface area contributed by atoms with Gasteiger partial charge in [-0.05, 0) is 44.4 Å². The normalized spacial score (nSPS) is 11.6. The van der Waals surface area contributed by atoms with Gasteiger partial charge in [0, 0.05) is 22.5 Å². The molecule has 2 N–H and O–H groups in total. The fourth-order valence-corrected chi connectivity index (χ4v) is 3.04. The molecule has 0 unspecified atom stereocenters. The SMILES string of the molecule is COc1cc2ncnc(Nc3ccc(Br)cc3F)c2cc1NC(=O)C(F)=CCN(C)C. The number of halogens is 3. The van der Waals surface area contributed by atoms with E-state index in [4.69, 9.17) is 4.74 Å². The molecule has 10 heteroatoms. The van der Waals surface area contributed by atoms with Crippen LogP contribution in [0.1, 0.15) is 0 Å². The monoisotopic (exact) mass is 491 g/mol. The smallest absolute Gasteiger partial charge is 0.284 e. The van der Waals surface area contributed by atoms with Crippen LogP contribution in [-0.2, 0) is 4.79 Å². The van der Waals surface area contributed by atoms with E-state index in [1.807, 2.05) is 0 Å². The van der Waals surface area contributed by atoms with Gasteiger partial charge >= 0.3 is 0 Å². The molecule has 0 aliphatic rings. The number of fused-ring (bicyclic) bond motifs is 1. The van der Waals surface area contributed by atoms with E-state index in [0.717, 1.165) is 0 Å². The maximum absolute atomic E-state index is 14.3. The maximum Gasteiger partial charge on any atom is 0.284 e. The van der Waals surface area contributed by atoms with Gasteiger partial charge in [-0.3, -0.25) is 4.79 Å².